The Labute approximate surface area is 373 Å². The second kappa shape index (κ2) is 19.4. The summed E-state index contributed by atoms with van der Waals surface area (Å²) < 4.78 is 35.0. The van der Waals surface area contributed by atoms with Gasteiger partial charge < -0.3 is 33.5 Å². The number of hydrogen-bond acceptors (Lipinski definition) is 13. The van der Waals surface area contributed by atoms with Crippen molar-refractivity contribution in [3.05, 3.63) is 23.5 Å². The number of aromatic nitrogens is 3. The number of rotatable bonds is 20. The zero-order valence-electron chi connectivity index (χ0n) is 39.1. The number of hydrogen-bond donors (Lipinski definition) is 1. The first kappa shape index (κ1) is 48.8. The Balaban J connectivity index is 0.954. The monoisotopic (exact) mass is 884 g/mol. The number of carbonyl (C=O) groups excluding carboxylic acids is 4. The van der Waals surface area contributed by atoms with Crippen LogP contribution < -0.4 is 0 Å². The summed E-state index contributed by atoms with van der Waals surface area (Å²) in [7, 11) is 0. The number of fused-ring (bicyclic) bond motifs is 7. The largest absolute Gasteiger partial charge is 0.481 e. The van der Waals surface area contributed by atoms with E-state index in [4.69, 9.17) is 33.5 Å². The number of carbonyl (C=O) groups is 5. The van der Waals surface area contributed by atoms with Crippen LogP contribution in [-0.2, 0) is 65.4 Å². The summed E-state index contributed by atoms with van der Waals surface area (Å²) in [4.78, 5) is 62.7. The van der Waals surface area contributed by atoms with Gasteiger partial charge in [-0.3, -0.25) is 24.0 Å². The highest BCUT2D eigenvalue weighted by Gasteiger charge is 2.70. The Morgan fingerprint density at radius 2 is 1.46 bits per heavy atom. The van der Waals surface area contributed by atoms with Gasteiger partial charge in [0.1, 0.15) is 12.7 Å². The van der Waals surface area contributed by atoms with Gasteiger partial charge in [-0.15, -0.1) is 5.10 Å². The number of ketones is 1. The fraction of sp³-hybridized carbons (Fsp3) is 0.812. The van der Waals surface area contributed by atoms with Crippen molar-refractivity contribution in [2.75, 3.05) is 52.9 Å². The van der Waals surface area contributed by atoms with Crippen LogP contribution in [0.25, 0.3) is 0 Å². The first-order valence-electron chi connectivity index (χ1n) is 23.3. The van der Waals surface area contributed by atoms with Gasteiger partial charge in [-0.25, -0.2) is 4.68 Å². The van der Waals surface area contributed by atoms with Crippen LogP contribution in [-0.4, -0.2) is 109 Å². The minimum Gasteiger partial charge on any atom is -0.481 e. The van der Waals surface area contributed by atoms with Crippen molar-refractivity contribution < 1.29 is 57.5 Å². The van der Waals surface area contributed by atoms with Crippen molar-refractivity contribution in [1.29, 1.82) is 0 Å². The average molecular weight is 884 g/mol. The molecule has 15 heteroatoms. The molecule has 4 fully saturated rings. The molecule has 0 radical (unpaired) electrons. The molecule has 5 aliphatic carbocycles. The number of aliphatic carboxylic acids is 1. The topological polar surface area (TPSA) is 192 Å². The maximum Gasteiger partial charge on any atom is 0.311 e. The Kier molecular flexibility index (Phi) is 15.0. The van der Waals surface area contributed by atoms with Crippen LogP contribution in [0.5, 0.6) is 0 Å². The number of nitrogens with zero attached hydrogens (tertiary/aromatic N) is 3. The maximum atomic E-state index is 14.8. The van der Waals surface area contributed by atoms with Crippen LogP contribution in [0.15, 0.2) is 17.8 Å². The number of allylic oxidation sites excluding steroid dienone is 2. The summed E-state index contributed by atoms with van der Waals surface area (Å²) >= 11 is 0. The summed E-state index contributed by atoms with van der Waals surface area (Å²) in [6, 6.07) is 0. The lowest BCUT2D eigenvalue weighted by Crippen LogP contribution is -2.66. The molecule has 1 N–H and O–H groups in total. The van der Waals surface area contributed by atoms with Crippen molar-refractivity contribution in [2.45, 2.75) is 145 Å². The number of ether oxygens (including phenoxy) is 6. The highest BCUT2D eigenvalue weighted by molar-refractivity contribution is 5.95. The lowest BCUT2D eigenvalue weighted by molar-refractivity contribution is -0.210. The number of esters is 3. The fourth-order valence-electron chi connectivity index (χ4n) is 12.9. The molecule has 1 unspecified atom stereocenters. The van der Waals surface area contributed by atoms with E-state index in [9.17, 15) is 24.0 Å². The standard InChI is InChI=1S/C48H73N3O12/c1-32(52)63-38-12-14-46(6)37(43(38,2)3)11-15-48(8)41(46)36(53)29-34-35-30-45(5,17-16-44(35,4)18-19-47(34,48)7)42(57)62-21-13-33-31-51(50-49-33)20-22-58-23-24-59-25-26-60-27-28-61-40(56)10-9-39(54)55/h29,31,35,37-38,41H,9-28,30H2,1-8H3,(H,54,55)/t35-,37-,38-,41?,44+,45-,46-,47+,48+/m0/s1. The van der Waals surface area contributed by atoms with Gasteiger partial charge >= 0.3 is 23.9 Å². The minimum absolute atomic E-state index is 0.0124. The molecule has 0 aromatic carbocycles. The smallest absolute Gasteiger partial charge is 0.311 e. The van der Waals surface area contributed by atoms with Gasteiger partial charge in [-0.2, -0.15) is 0 Å². The van der Waals surface area contributed by atoms with Crippen LogP contribution in [0.3, 0.4) is 0 Å². The highest BCUT2D eigenvalue weighted by atomic mass is 16.6. The molecule has 9 atom stereocenters. The quantitative estimate of drug-likeness (QED) is 0.0823. The third kappa shape index (κ3) is 10.1. The van der Waals surface area contributed by atoms with E-state index in [1.54, 1.807) is 4.68 Å². The molecule has 6 rings (SSSR count). The van der Waals surface area contributed by atoms with Crippen molar-refractivity contribution in [3.63, 3.8) is 0 Å². The van der Waals surface area contributed by atoms with Gasteiger partial charge in [-0.1, -0.05) is 52.3 Å². The number of carboxylic acid groups (broad SMARTS) is 1. The Bertz CT molecular complexity index is 1880. The summed E-state index contributed by atoms with van der Waals surface area (Å²) in [6.07, 6.45) is 11.8. The third-order valence-corrected chi connectivity index (χ3v) is 16.7. The van der Waals surface area contributed by atoms with Gasteiger partial charge in [0.15, 0.2) is 5.78 Å². The highest BCUT2D eigenvalue weighted by Crippen LogP contribution is 2.75. The van der Waals surface area contributed by atoms with Crippen molar-refractivity contribution >= 4 is 29.7 Å². The molecule has 0 amide bonds. The predicted octanol–water partition coefficient (Wildman–Crippen LogP) is 6.73. The summed E-state index contributed by atoms with van der Waals surface area (Å²) in [6.45, 7) is 20.4. The molecule has 0 saturated heterocycles. The Morgan fingerprint density at radius 3 is 2.14 bits per heavy atom. The summed E-state index contributed by atoms with van der Waals surface area (Å²) in [5.41, 5.74) is 0.516. The van der Waals surface area contributed by atoms with Crippen LogP contribution in [0.1, 0.15) is 132 Å². The zero-order valence-corrected chi connectivity index (χ0v) is 39.1. The molecule has 1 heterocycles. The van der Waals surface area contributed by atoms with Crippen molar-refractivity contribution in [1.82, 2.24) is 15.0 Å². The minimum atomic E-state index is -1.04. The molecule has 0 spiro atoms. The molecule has 352 valence electrons. The first-order chi connectivity index (χ1) is 29.7. The summed E-state index contributed by atoms with van der Waals surface area (Å²) in [5, 5.41) is 17.1. The molecule has 1 aromatic rings. The predicted molar refractivity (Wildman–Crippen MR) is 230 cm³/mol. The third-order valence-electron chi connectivity index (χ3n) is 16.7. The van der Waals surface area contributed by atoms with Gasteiger partial charge in [0, 0.05) is 30.9 Å². The van der Waals surface area contributed by atoms with Gasteiger partial charge in [-0.05, 0) is 104 Å². The lowest BCUT2D eigenvalue weighted by atomic mass is 9.33. The van der Waals surface area contributed by atoms with E-state index in [-0.39, 0.29) is 101 Å². The Morgan fingerprint density at radius 1 is 0.794 bits per heavy atom. The molecule has 4 saturated carbocycles. The average Bonchev–Trinajstić information content (AvgIpc) is 3.67. The molecular formula is C48H73N3O12. The molecule has 1 aromatic heterocycles. The first-order valence-corrected chi connectivity index (χ1v) is 23.3. The summed E-state index contributed by atoms with van der Waals surface area (Å²) in [5.74, 6) is -1.52. The van der Waals surface area contributed by atoms with E-state index < -0.39 is 17.4 Å². The molecule has 5 aliphatic rings. The van der Waals surface area contributed by atoms with Gasteiger partial charge in [0.25, 0.3) is 0 Å². The van der Waals surface area contributed by atoms with E-state index in [0.29, 0.717) is 52.4 Å². The van der Waals surface area contributed by atoms with Gasteiger partial charge in [0.2, 0.25) is 0 Å². The number of carboxylic acids is 1. The molecule has 63 heavy (non-hydrogen) atoms. The van der Waals surface area contributed by atoms with E-state index >= 15 is 0 Å². The maximum absolute atomic E-state index is 14.8. The molecular weight excluding hydrogens is 811 g/mol. The molecule has 15 nitrogen and oxygen atoms in total. The normalized spacial score (nSPS) is 34.3. The zero-order chi connectivity index (χ0) is 45.8. The second-order valence-corrected chi connectivity index (χ2v) is 21.0. The molecule has 0 bridgehead atoms. The lowest BCUT2D eigenvalue weighted by Gasteiger charge is -2.70. The van der Waals surface area contributed by atoms with Crippen molar-refractivity contribution in [3.8, 4) is 0 Å². The SMILES string of the molecule is CC(=O)O[C@H]1CC[C@]2(C)C3C(=O)C=C4[C@@H]5C[C@@](C)(C(=O)OCCc6cn(CCOCCOCCOCCOC(=O)CCC(=O)O)nn6)CC[C@]5(C)CC[C@@]4(C)[C@]3(C)CC[C@H]2C1(C)C. The van der Waals surface area contributed by atoms with Crippen molar-refractivity contribution in [2.24, 2.45) is 50.2 Å². The van der Waals surface area contributed by atoms with E-state index in [2.05, 4.69) is 58.8 Å². The molecule has 0 aliphatic heterocycles. The van der Waals surface area contributed by atoms with E-state index in [1.807, 2.05) is 12.3 Å². The fourth-order valence-corrected chi connectivity index (χ4v) is 12.9. The van der Waals surface area contributed by atoms with Crippen LogP contribution in [0.4, 0.5) is 0 Å². The van der Waals surface area contributed by atoms with Crippen LogP contribution in [0, 0.1) is 50.2 Å². The van der Waals surface area contributed by atoms with Crippen LogP contribution in [0.2, 0.25) is 0 Å². The second-order valence-electron chi connectivity index (χ2n) is 21.0. The van der Waals surface area contributed by atoms with E-state index in [0.717, 1.165) is 57.1 Å². The van der Waals surface area contributed by atoms with E-state index in [1.165, 1.54) is 12.5 Å². The van der Waals surface area contributed by atoms with Crippen LogP contribution >= 0.6 is 0 Å². The van der Waals surface area contributed by atoms with Gasteiger partial charge in [0.05, 0.1) is 76.7 Å². The Hall–Kier alpha value is -3.69.